The van der Waals surface area contributed by atoms with Gasteiger partial charge in [0.05, 0.1) is 7.11 Å². The molecule has 9 heteroatoms. The van der Waals surface area contributed by atoms with Crippen LogP contribution in [0, 0.1) is 0 Å². The van der Waals surface area contributed by atoms with Gasteiger partial charge in [-0.3, -0.25) is 9.24 Å². The fourth-order valence-electron chi connectivity index (χ4n) is 1.19. The molecule has 2 heterocycles. The minimum atomic E-state index is -3.79. The third-order valence-electron chi connectivity index (χ3n) is 2.02. The van der Waals surface area contributed by atoms with Crippen LogP contribution in [0.1, 0.15) is 0 Å². The number of halogens is 1. The Hall–Kier alpha value is -0.670. The number of aromatic nitrogens is 2. The molecule has 0 spiro atoms. The molecule has 16 heavy (non-hydrogen) atoms. The molecule has 0 amide bonds. The number of sulfonamides is 1. The minimum Gasteiger partial charge on any atom is -0.288 e. The summed E-state index contributed by atoms with van der Waals surface area (Å²) in [6.45, 7) is 0. The van der Waals surface area contributed by atoms with Gasteiger partial charge in [0.25, 0.3) is 10.0 Å². The van der Waals surface area contributed by atoms with Crippen molar-refractivity contribution in [2.45, 2.75) is 5.03 Å². The third kappa shape index (κ3) is 1.62. The number of thiazole rings is 1. The Kier molecular flexibility index (Phi) is 2.93. The van der Waals surface area contributed by atoms with Gasteiger partial charge in [-0.1, -0.05) is 16.1 Å². The molecule has 0 bridgehead atoms. The van der Waals surface area contributed by atoms with E-state index < -0.39 is 10.0 Å². The van der Waals surface area contributed by atoms with Crippen molar-refractivity contribution in [2.75, 3.05) is 14.2 Å². The predicted octanol–water partition coefficient (Wildman–Crippen LogP) is 1.23. The van der Waals surface area contributed by atoms with Gasteiger partial charge in [-0.2, -0.15) is 0 Å². The molecule has 2 aromatic rings. The zero-order valence-corrected chi connectivity index (χ0v) is 10.8. The van der Waals surface area contributed by atoms with E-state index in [0.29, 0.717) is 4.96 Å². The van der Waals surface area contributed by atoms with Gasteiger partial charge in [-0.05, 0) is 0 Å². The molecule has 0 saturated heterocycles. The maximum atomic E-state index is 12.0. The zero-order valence-electron chi connectivity index (χ0n) is 8.42. The fraction of sp³-hybridized carbons (Fsp3) is 0.286. The molecule has 0 aromatic carbocycles. The highest BCUT2D eigenvalue weighted by atomic mass is 35.5. The molecule has 0 N–H and O–H groups in total. The summed E-state index contributed by atoms with van der Waals surface area (Å²) in [5.41, 5.74) is 0. The van der Waals surface area contributed by atoms with Gasteiger partial charge in [-0.15, -0.1) is 11.3 Å². The summed E-state index contributed by atoms with van der Waals surface area (Å²) < 4.78 is 26.2. The largest absolute Gasteiger partial charge is 0.288 e. The van der Waals surface area contributed by atoms with Crippen LogP contribution in [0.15, 0.2) is 16.6 Å². The van der Waals surface area contributed by atoms with Gasteiger partial charge < -0.3 is 0 Å². The smallest absolute Gasteiger partial charge is 0.283 e. The summed E-state index contributed by atoms with van der Waals surface area (Å²) in [6.07, 6.45) is 1.59. The molecule has 2 rings (SSSR count). The molecule has 0 saturated carbocycles. The summed E-state index contributed by atoms with van der Waals surface area (Å²) in [6, 6.07) is 0. The minimum absolute atomic E-state index is 0.0595. The highest BCUT2D eigenvalue weighted by Crippen LogP contribution is 2.27. The Labute approximate surface area is 101 Å². The Morgan fingerprint density at radius 2 is 2.31 bits per heavy atom. The number of hydrogen-bond donors (Lipinski definition) is 0. The molecular weight excluding hydrogens is 274 g/mol. The Bertz CT molecular complexity index is 618. The third-order valence-corrected chi connectivity index (χ3v) is 4.86. The monoisotopic (exact) mass is 281 g/mol. The van der Waals surface area contributed by atoms with Crippen molar-refractivity contribution >= 4 is 37.9 Å². The average Bonchev–Trinajstić information content (AvgIpc) is 2.74. The van der Waals surface area contributed by atoms with Crippen molar-refractivity contribution in [1.82, 2.24) is 13.9 Å². The predicted molar refractivity (Wildman–Crippen MR) is 60.0 cm³/mol. The van der Waals surface area contributed by atoms with E-state index in [9.17, 15) is 8.42 Å². The Morgan fingerprint density at radius 1 is 1.62 bits per heavy atom. The average molecular weight is 282 g/mol. The van der Waals surface area contributed by atoms with Crippen LogP contribution in [0.3, 0.4) is 0 Å². The molecule has 0 fully saturated rings. The lowest BCUT2D eigenvalue weighted by atomic mass is 10.9. The molecular formula is C7H8ClN3O3S2. The van der Waals surface area contributed by atoms with Crippen molar-refractivity contribution in [3.05, 3.63) is 16.7 Å². The highest BCUT2D eigenvalue weighted by molar-refractivity contribution is 7.89. The van der Waals surface area contributed by atoms with Crippen molar-refractivity contribution < 1.29 is 13.3 Å². The lowest BCUT2D eigenvalue weighted by molar-refractivity contribution is -0.0261. The first kappa shape index (κ1) is 11.8. The second-order valence-electron chi connectivity index (χ2n) is 2.86. The lowest BCUT2D eigenvalue weighted by Gasteiger charge is -2.13. The van der Waals surface area contributed by atoms with Crippen LogP contribution in [-0.2, 0) is 14.9 Å². The molecule has 88 valence electrons. The Balaban J connectivity index is 2.71. The number of imidazole rings is 1. The fourth-order valence-corrected chi connectivity index (χ4v) is 3.57. The maximum absolute atomic E-state index is 12.0. The summed E-state index contributed by atoms with van der Waals surface area (Å²) in [7, 11) is -1.24. The summed E-state index contributed by atoms with van der Waals surface area (Å²) in [5.74, 6) is 0. The van der Waals surface area contributed by atoms with Crippen molar-refractivity contribution in [2.24, 2.45) is 0 Å². The number of hydroxylamine groups is 1. The van der Waals surface area contributed by atoms with E-state index in [-0.39, 0.29) is 10.2 Å². The van der Waals surface area contributed by atoms with Crippen LogP contribution in [0.5, 0.6) is 0 Å². The number of hydrogen-bond acceptors (Lipinski definition) is 5. The standard InChI is InChI=1S/C7H8ClN3O3S2/c1-10(14-2)16(12,13)6-5(8)9-7-11(6)3-4-15-7/h3-4H,1-2H3. The molecule has 6 nitrogen and oxygen atoms in total. The zero-order chi connectivity index (χ0) is 11.9. The van der Waals surface area contributed by atoms with Crippen LogP contribution in [0.4, 0.5) is 0 Å². The maximum Gasteiger partial charge on any atom is 0.283 e. The van der Waals surface area contributed by atoms with Gasteiger partial charge in [0.1, 0.15) is 0 Å². The lowest BCUT2D eigenvalue weighted by Crippen LogP contribution is -2.26. The summed E-state index contributed by atoms with van der Waals surface area (Å²) in [4.78, 5) is 9.13. The van der Waals surface area contributed by atoms with Crippen LogP contribution in [0.25, 0.3) is 4.96 Å². The topological polar surface area (TPSA) is 63.9 Å². The first-order valence-corrected chi connectivity index (χ1v) is 6.82. The molecule has 0 aliphatic heterocycles. The van der Waals surface area contributed by atoms with Crippen LogP contribution in [0.2, 0.25) is 5.15 Å². The second kappa shape index (κ2) is 3.97. The first-order valence-electron chi connectivity index (χ1n) is 4.12. The number of nitrogens with zero attached hydrogens (tertiary/aromatic N) is 3. The Morgan fingerprint density at radius 3 is 2.94 bits per heavy atom. The van der Waals surface area contributed by atoms with E-state index >= 15 is 0 Å². The number of rotatable bonds is 3. The first-order chi connectivity index (χ1) is 7.48. The van der Waals surface area contributed by atoms with Gasteiger partial charge in [0, 0.05) is 18.6 Å². The van der Waals surface area contributed by atoms with Gasteiger partial charge in [-0.25, -0.2) is 13.4 Å². The molecule has 0 radical (unpaired) electrons. The van der Waals surface area contributed by atoms with Crippen molar-refractivity contribution in [1.29, 1.82) is 0 Å². The van der Waals surface area contributed by atoms with Crippen molar-refractivity contribution in [3.63, 3.8) is 0 Å². The molecule has 2 aromatic heterocycles. The van der Waals surface area contributed by atoms with Gasteiger partial charge >= 0.3 is 0 Å². The van der Waals surface area contributed by atoms with Crippen LogP contribution < -0.4 is 0 Å². The normalized spacial score (nSPS) is 12.8. The van der Waals surface area contributed by atoms with Crippen LogP contribution >= 0.6 is 22.9 Å². The SMILES string of the molecule is CON(C)S(=O)(=O)c1c(Cl)nc2sccn12. The second-order valence-corrected chi connectivity index (χ2v) is 5.94. The number of fused-ring (bicyclic) bond motifs is 1. The van der Waals surface area contributed by atoms with E-state index in [2.05, 4.69) is 9.82 Å². The molecule has 0 aliphatic rings. The van der Waals surface area contributed by atoms with E-state index in [1.165, 1.54) is 29.9 Å². The van der Waals surface area contributed by atoms with E-state index in [0.717, 1.165) is 4.47 Å². The summed E-state index contributed by atoms with van der Waals surface area (Å²) >= 11 is 7.11. The van der Waals surface area contributed by atoms with Gasteiger partial charge in [0.15, 0.2) is 15.1 Å². The van der Waals surface area contributed by atoms with Crippen LogP contribution in [-0.4, -0.2) is 36.4 Å². The van der Waals surface area contributed by atoms with E-state index in [1.54, 1.807) is 11.6 Å². The molecule has 0 aliphatic carbocycles. The van der Waals surface area contributed by atoms with Crippen molar-refractivity contribution in [3.8, 4) is 0 Å². The molecule has 0 atom stereocenters. The molecule has 0 unspecified atom stereocenters. The summed E-state index contributed by atoms with van der Waals surface area (Å²) in [5, 5.41) is 1.58. The van der Waals surface area contributed by atoms with E-state index in [4.69, 9.17) is 11.6 Å². The highest BCUT2D eigenvalue weighted by Gasteiger charge is 2.29. The quantitative estimate of drug-likeness (QED) is 0.794. The van der Waals surface area contributed by atoms with Gasteiger partial charge in [0.2, 0.25) is 0 Å². The van der Waals surface area contributed by atoms with E-state index in [1.807, 2.05) is 0 Å².